The maximum atomic E-state index is 4.05. The lowest BCUT2D eigenvalue weighted by Gasteiger charge is -2.55. The smallest absolute Gasteiger partial charge is 0.0334 e. The molecule has 0 aromatic heterocycles. The van der Waals surface area contributed by atoms with Gasteiger partial charge in [-0.1, -0.05) is 44.9 Å². The fraction of sp³-hybridized carbons (Fsp3) is 1.00. The van der Waals surface area contributed by atoms with Gasteiger partial charge in [0.25, 0.3) is 0 Å². The fourth-order valence-electron chi connectivity index (χ4n) is 5.20. The van der Waals surface area contributed by atoms with Crippen LogP contribution in [0.1, 0.15) is 77.0 Å². The van der Waals surface area contributed by atoms with E-state index in [1.807, 2.05) is 0 Å². The molecule has 0 aromatic rings. The van der Waals surface area contributed by atoms with Crippen molar-refractivity contribution in [3.8, 4) is 0 Å². The number of piperazine rings is 1. The molecular formula is C18H32N2. The van der Waals surface area contributed by atoms with E-state index in [1.54, 1.807) is 0 Å². The SMILES string of the molecule is C1CCC2(CC1)CNC1(CCCC1)CN2CCC1CC1. The Morgan fingerprint density at radius 2 is 1.60 bits per heavy atom. The van der Waals surface area contributed by atoms with Crippen molar-refractivity contribution in [3.63, 3.8) is 0 Å². The molecule has 0 atom stereocenters. The number of rotatable bonds is 3. The van der Waals surface area contributed by atoms with Crippen LogP contribution in [0.4, 0.5) is 0 Å². The minimum atomic E-state index is 0.506. The second-order valence-electron chi connectivity index (χ2n) is 8.28. The van der Waals surface area contributed by atoms with Crippen LogP contribution in [0.25, 0.3) is 0 Å². The fourth-order valence-corrected chi connectivity index (χ4v) is 5.20. The summed E-state index contributed by atoms with van der Waals surface area (Å²) in [5.41, 5.74) is 1.05. The van der Waals surface area contributed by atoms with Gasteiger partial charge in [0.15, 0.2) is 0 Å². The highest BCUT2D eigenvalue weighted by atomic mass is 15.3. The van der Waals surface area contributed by atoms with Crippen molar-refractivity contribution in [2.45, 2.75) is 88.1 Å². The van der Waals surface area contributed by atoms with Gasteiger partial charge < -0.3 is 5.32 Å². The summed E-state index contributed by atoms with van der Waals surface area (Å²) in [6.07, 6.45) is 17.6. The molecule has 3 saturated carbocycles. The van der Waals surface area contributed by atoms with Crippen molar-refractivity contribution >= 4 is 0 Å². The predicted octanol–water partition coefficient (Wildman–Crippen LogP) is 3.71. The van der Waals surface area contributed by atoms with E-state index in [0.717, 1.165) is 5.92 Å². The zero-order valence-corrected chi connectivity index (χ0v) is 13.1. The van der Waals surface area contributed by atoms with Gasteiger partial charge in [-0.3, -0.25) is 4.90 Å². The van der Waals surface area contributed by atoms with Gasteiger partial charge in [-0.2, -0.15) is 0 Å². The van der Waals surface area contributed by atoms with Crippen molar-refractivity contribution in [3.05, 3.63) is 0 Å². The minimum absolute atomic E-state index is 0.506. The van der Waals surface area contributed by atoms with Gasteiger partial charge >= 0.3 is 0 Å². The predicted molar refractivity (Wildman–Crippen MR) is 83.9 cm³/mol. The first-order valence-corrected chi connectivity index (χ1v) is 9.31. The molecule has 4 rings (SSSR count). The molecule has 0 radical (unpaired) electrons. The third kappa shape index (κ3) is 2.54. The quantitative estimate of drug-likeness (QED) is 0.845. The Bertz CT molecular complexity index is 335. The molecule has 4 fully saturated rings. The number of hydrogen-bond donors (Lipinski definition) is 1. The Morgan fingerprint density at radius 1 is 0.900 bits per heavy atom. The monoisotopic (exact) mass is 276 g/mol. The summed E-state index contributed by atoms with van der Waals surface area (Å²) in [5.74, 6) is 1.09. The molecule has 2 nitrogen and oxygen atoms in total. The Balaban J connectivity index is 1.48. The van der Waals surface area contributed by atoms with E-state index >= 15 is 0 Å². The van der Waals surface area contributed by atoms with Crippen LogP contribution in [0.3, 0.4) is 0 Å². The summed E-state index contributed by atoms with van der Waals surface area (Å²) in [6.45, 7) is 4.05. The van der Waals surface area contributed by atoms with Crippen LogP contribution in [-0.2, 0) is 0 Å². The van der Waals surface area contributed by atoms with Gasteiger partial charge in [-0.15, -0.1) is 0 Å². The molecule has 0 bridgehead atoms. The highest BCUT2D eigenvalue weighted by molar-refractivity contribution is 5.08. The van der Waals surface area contributed by atoms with Crippen LogP contribution in [0, 0.1) is 5.92 Å². The molecular weight excluding hydrogens is 244 g/mol. The molecule has 0 unspecified atom stereocenters. The lowest BCUT2D eigenvalue weighted by atomic mass is 9.76. The van der Waals surface area contributed by atoms with E-state index in [1.165, 1.54) is 96.7 Å². The molecule has 1 heterocycles. The average Bonchev–Trinajstić information content (AvgIpc) is 3.21. The van der Waals surface area contributed by atoms with E-state index in [-0.39, 0.29) is 0 Å². The maximum absolute atomic E-state index is 4.05. The Kier molecular flexibility index (Phi) is 3.58. The zero-order valence-electron chi connectivity index (χ0n) is 13.1. The van der Waals surface area contributed by atoms with Crippen molar-refractivity contribution < 1.29 is 0 Å². The molecule has 1 N–H and O–H groups in total. The standard InChI is InChI=1S/C18H32N2/c1-2-11-18(12-3-1)14-19-17(9-4-5-10-17)15-20(18)13-8-16-6-7-16/h16,19H,1-15H2. The first kappa shape index (κ1) is 13.6. The van der Waals surface area contributed by atoms with Crippen LogP contribution in [-0.4, -0.2) is 35.6 Å². The first-order valence-electron chi connectivity index (χ1n) is 9.31. The van der Waals surface area contributed by atoms with Crippen molar-refractivity contribution in [2.24, 2.45) is 5.92 Å². The lowest BCUT2D eigenvalue weighted by molar-refractivity contribution is -0.0191. The van der Waals surface area contributed by atoms with Crippen LogP contribution in [0.2, 0.25) is 0 Å². The summed E-state index contributed by atoms with van der Waals surface area (Å²) in [5, 5.41) is 4.05. The second kappa shape index (κ2) is 5.28. The number of nitrogens with one attached hydrogen (secondary N) is 1. The number of nitrogens with zero attached hydrogens (tertiary/aromatic N) is 1. The van der Waals surface area contributed by atoms with E-state index in [2.05, 4.69) is 10.2 Å². The molecule has 20 heavy (non-hydrogen) atoms. The van der Waals surface area contributed by atoms with E-state index in [4.69, 9.17) is 0 Å². The summed E-state index contributed by atoms with van der Waals surface area (Å²) in [6, 6.07) is 0. The zero-order chi connectivity index (χ0) is 13.5. The Labute approximate surface area is 124 Å². The van der Waals surface area contributed by atoms with Crippen molar-refractivity contribution in [1.82, 2.24) is 10.2 Å². The van der Waals surface area contributed by atoms with E-state index in [0.29, 0.717) is 11.1 Å². The van der Waals surface area contributed by atoms with Gasteiger partial charge in [0.2, 0.25) is 0 Å². The summed E-state index contributed by atoms with van der Waals surface area (Å²) >= 11 is 0. The largest absolute Gasteiger partial charge is 0.308 e. The molecule has 1 saturated heterocycles. The summed E-state index contributed by atoms with van der Waals surface area (Å²) in [7, 11) is 0. The molecule has 2 heteroatoms. The molecule has 114 valence electrons. The van der Waals surface area contributed by atoms with Gasteiger partial charge in [-0.25, -0.2) is 0 Å². The topological polar surface area (TPSA) is 15.3 Å². The third-order valence-corrected chi connectivity index (χ3v) is 6.81. The highest BCUT2D eigenvalue weighted by Gasteiger charge is 2.48. The maximum Gasteiger partial charge on any atom is 0.0334 e. The molecule has 3 aliphatic carbocycles. The van der Waals surface area contributed by atoms with Gasteiger partial charge in [0, 0.05) is 24.2 Å². The summed E-state index contributed by atoms with van der Waals surface area (Å²) in [4.78, 5) is 2.98. The van der Waals surface area contributed by atoms with E-state index in [9.17, 15) is 0 Å². The Morgan fingerprint density at radius 3 is 2.30 bits per heavy atom. The van der Waals surface area contributed by atoms with Gasteiger partial charge in [0.1, 0.15) is 0 Å². The minimum Gasteiger partial charge on any atom is -0.308 e. The normalized spacial score (nSPS) is 33.0. The van der Waals surface area contributed by atoms with Gasteiger partial charge in [-0.05, 0) is 44.6 Å². The van der Waals surface area contributed by atoms with Gasteiger partial charge in [0.05, 0.1) is 0 Å². The van der Waals surface area contributed by atoms with Crippen molar-refractivity contribution in [1.29, 1.82) is 0 Å². The molecule has 0 amide bonds. The summed E-state index contributed by atoms with van der Waals surface area (Å²) < 4.78 is 0. The van der Waals surface area contributed by atoms with Crippen LogP contribution >= 0.6 is 0 Å². The van der Waals surface area contributed by atoms with E-state index < -0.39 is 0 Å². The second-order valence-corrected chi connectivity index (χ2v) is 8.28. The average molecular weight is 276 g/mol. The third-order valence-electron chi connectivity index (χ3n) is 6.81. The molecule has 0 aromatic carbocycles. The number of hydrogen-bond acceptors (Lipinski definition) is 2. The van der Waals surface area contributed by atoms with Crippen molar-refractivity contribution in [2.75, 3.05) is 19.6 Å². The molecule has 2 spiro atoms. The molecule has 4 aliphatic rings. The Hall–Kier alpha value is -0.0800. The van der Waals surface area contributed by atoms with Crippen LogP contribution < -0.4 is 5.32 Å². The van der Waals surface area contributed by atoms with Crippen LogP contribution in [0.5, 0.6) is 0 Å². The van der Waals surface area contributed by atoms with Crippen LogP contribution in [0.15, 0.2) is 0 Å². The highest BCUT2D eigenvalue weighted by Crippen LogP contribution is 2.42. The molecule has 1 aliphatic heterocycles. The first-order chi connectivity index (χ1) is 9.80. The lowest BCUT2D eigenvalue weighted by Crippen LogP contribution is -2.69.